The van der Waals surface area contributed by atoms with Crippen LogP contribution in [0.25, 0.3) is 0 Å². The molecule has 2 fully saturated rings. The maximum absolute atomic E-state index is 13.0. The van der Waals surface area contributed by atoms with Crippen molar-refractivity contribution in [3.05, 3.63) is 17.7 Å². The van der Waals surface area contributed by atoms with Gasteiger partial charge in [-0.05, 0) is 43.7 Å². The highest BCUT2D eigenvalue weighted by Gasteiger charge is 2.32. The molecule has 1 heterocycles. The van der Waals surface area contributed by atoms with Crippen LogP contribution in [-0.4, -0.2) is 64.4 Å². The first-order valence-corrected chi connectivity index (χ1v) is 10.0. The summed E-state index contributed by atoms with van der Waals surface area (Å²) in [5.74, 6) is 2.45. The Labute approximate surface area is 162 Å². The highest BCUT2D eigenvalue weighted by molar-refractivity contribution is 5.95. The fourth-order valence-corrected chi connectivity index (χ4v) is 4.46. The smallest absolute Gasteiger partial charge is 0.254 e. The lowest BCUT2D eigenvalue weighted by Crippen LogP contribution is -3.18. The van der Waals surface area contributed by atoms with E-state index in [9.17, 15) is 4.79 Å². The molecule has 6 nitrogen and oxygen atoms in total. The summed E-state index contributed by atoms with van der Waals surface area (Å²) < 4.78 is 16.1. The highest BCUT2D eigenvalue weighted by Crippen LogP contribution is 2.38. The normalized spacial score (nSPS) is 23.8. The Hall–Kier alpha value is -1.95. The van der Waals surface area contributed by atoms with Gasteiger partial charge in [0.1, 0.15) is 0 Å². The molecule has 1 aliphatic heterocycles. The number of piperazine rings is 1. The summed E-state index contributed by atoms with van der Waals surface area (Å²) in [6.45, 7) is 6.04. The van der Waals surface area contributed by atoms with Crippen LogP contribution in [0.15, 0.2) is 12.1 Å². The summed E-state index contributed by atoms with van der Waals surface area (Å²) in [7, 11) is 4.70. The number of carbonyl (C=O) groups is 1. The van der Waals surface area contributed by atoms with Crippen LogP contribution in [0.2, 0.25) is 0 Å². The van der Waals surface area contributed by atoms with Gasteiger partial charge in [-0.25, -0.2) is 0 Å². The third kappa shape index (κ3) is 4.32. The first-order valence-electron chi connectivity index (χ1n) is 10.0. The zero-order valence-electron chi connectivity index (χ0n) is 17.0. The molecule has 0 atom stereocenters. The number of nitrogens with one attached hydrogen (secondary N) is 1. The third-order valence-electron chi connectivity index (χ3n) is 6.20. The summed E-state index contributed by atoms with van der Waals surface area (Å²) in [5.41, 5.74) is 0.583. The maximum atomic E-state index is 13.0. The Balaban J connectivity index is 1.65. The molecule has 6 heteroatoms. The fraction of sp³-hybridized carbons (Fsp3) is 0.667. The molecular formula is C21H33N2O4+. The van der Waals surface area contributed by atoms with Gasteiger partial charge in [-0.3, -0.25) is 4.79 Å². The molecule has 1 aliphatic carbocycles. The molecule has 1 aromatic carbocycles. The largest absolute Gasteiger partial charge is 0.493 e. The van der Waals surface area contributed by atoms with Gasteiger partial charge in [0.2, 0.25) is 5.75 Å². The van der Waals surface area contributed by atoms with Crippen molar-refractivity contribution in [2.24, 2.45) is 5.92 Å². The number of ether oxygens (including phenoxy) is 3. The minimum Gasteiger partial charge on any atom is -0.493 e. The Morgan fingerprint density at radius 3 is 2.00 bits per heavy atom. The number of hydrogen-bond donors (Lipinski definition) is 1. The van der Waals surface area contributed by atoms with Crippen LogP contribution in [-0.2, 0) is 0 Å². The average Bonchev–Trinajstić information content (AvgIpc) is 2.72. The molecule has 150 valence electrons. The number of amides is 1. The van der Waals surface area contributed by atoms with E-state index in [4.69, 9.17) is 14.2 Å². The van der Waals surface area contributed by atoms with Gasteiger partial charge in [0.05, 0.1) is 53.6 Å². The third-order valence-corrected chi connectivity index (χ3v) is 6.20. The lowest BCUT2D eigenvalue weighted by Gasteiger charge is -2.39. The molecule has 1 saturated carbocycles. The van der Waals surface area contributed by atoms with E-state index in [0.717, 1.165) is 38.1 Å². The molecule has 1 saturated heterocycles. The lowest BCUT2D eigenvalue weighted by atomic mass is 9.86. The van der Waals surface area contributed by atoms with E-state index in [2.05, 4.69) is 6.92 Å². The van der Waals surface area contributed by atoms with E-state index in [1.807, 2.05) is 4.90 Å². The average molecular weight is 378 g/mol. The molecule has 1 amide bonds. The van der Waals surface area contributed by atoms with Crippen molar-refractivity contribution in [2.45, 2.75) is 38.6 Å². The van der Waals surface area contributed by atoms with E-state index < -0.39 is 0 Å². The molecule has 1 N–H and O–H groups in total. The van der Waals surface area contributed by atoms with Gasteiger partial charge in [-0.1, -0.05) is 6.92 Å². The van der Waals surface area contributed by atoms with Gasteiger partial charge < -0.3 is 24.0 Å². The number of benzene rings is 1. The van der Waals surface area contributed by atoms with Crippen molar-refractivity contribution in [3.63, 3.8) is 0 Å². The number of carbonyl (C=O) groups excluding carboxylic acids is 1. The van der Waals surface area contributed by atoms with Gasteiger partial charge in [-0.2, -0.15) is 0 Å². The maximum Gasteiger partial charge on any atom is 0.254 e. The highest BCUT2D eigenvalue weighted by atomic mass is 16.5. The SMILES string of the molecule is COc1cc(C(=O)N2CC[NH+](C3CCC(C)CC3)CC2)cc(OC)c1OC. The molecule has 2 aliphatic rings. The van der Waals surface area contributed by atoms with Crippen LogP contribution in [0.3, 0.4) is 0 Å². The monoisotopic (exact) mass is 377 g/mol. The number of methoxy groups -OCH3 is 3. The van der Waals surface area contributed by atoms with Crippen LogP contribution < -0.4 is 19.1 Å². The first kappa shape index (κ1) is 19.8. The van der Waals surface area contributed by atoms with E-state index >= 15 is 0 Å². The van der Waals surface area contributed by atoms with Gasteiger partial charge in [0, 0.05) is 5.56 Å². The molecule has 3 rings (SSSR count). The molecular weight excluding hydrogens is 344 g/mol. The molecule has 0 bridgehead atoms. The Morgan fingerprint density at radius 1 is 0.963 bits per heavy atom. The van der Waals surface area contributed by atoms with E-state index in [0.29, 0.717) is 22.8 Å². The Bertz CT molecular complexity index is 623. The Morgan fingerprint density at radius 2 is 1.52 bits per heavy atom. The zero-order chi connectivity index (χ0) is 19.4. The molecule has 27 heavy (non-hydrogen) atoms. The van der Waals surface area contributed by atoms with Gasteiger partial charge in [-0.15, -0.1) is 0 Å². The number of nitrogens with zero attached hydrogens (tertiary/aromatic N) is 1. The van der Waals surface area contributed by atoms with Crippen LogP contribution in [0.1, 0.15) is 43.0 Å². The summed E-state index contributed by atoms with van der Waals surface area (Å²) in [4.78, 5) is 16.7. The first-order chi connectivity index (χ1) is 13.1. The number of quaternary nitrogens is 1. The summed E-state index contributed by atoms with van der Waals surface area (Å²) in [6.07, 6.45) is 5.36. The van der Waals surface area contributed by atoms with Crippen molar-refractivity contribution in [3.8, 4) is 17.2 Å². The second-order valence-electron chi connectivity index (χ2n) is 7.82. The second-order valence-corrected chi connectivity index (χ2v) is 7.82. The van der Waals surface area contributed by atoms with Crippen LogP contribution in [0.4, 0.5) is 0 Å². The van der Waals surface area contributed by atoms with Crippen molar-refractivity contribution in [1.82, 2.24) is 4.90 Å². The molecule has 0 radical (unpaired) electrons. The van der Waals surface area contributed by atoms with E-state index in [-0.39, 0.29) is 5.91 Å². The van der Waals surface area contributed by atoms with Crippen molar-refractivity contribution >= 4 is 5.91 Å². The quantitative estimate of drug-likeness (QED) is 0.848. The molecule has 1 aromatic rings. The van der Waals surface area contributed by atoms with Gasteiger partial charge in [0.25, 0.3) is 5.91 Å². The topological polar surface area (TPSA) is 52.4 Å². The zero-order valence-corrected chi connectivity index (χ0v) is 17.0. The Kier molecular flexibility index (Phi) is 6.47. The standard InChI is InChI=1S/C21H32N2O4/c1-15-5-7-17(8-6-15)22-9-11-23(12-10-22)21(24)16-13-18(25-2)20(27-4)19(14-16)26-3/h13-15,17H,5-12H2,1-4H3/p+1. The second kappa shape index (κ2) is 8.83. The van der Waals surface area contributed by atoms with Crippen LogP contribution in [0, 0.1) is 5.92 Å². The van der Waals surface area contributed by atoms with E-state index in [1.165, 1.54) is 25.7 Å². The number of hydrogen-bond acceptors (Lipinski definition) is 4. The lowest BCUT2D eigenvalue weighted by molar-refractivity contribution is -0.930. The van der Waals surface area contributed by atoms with E-state index in [1.54, 1.807) is 38.4 Å². The van der Waals surface area contributed by atoms with Crippen molar-refractivity contribution in [1.29, 1.82) is 0 Å². The predicted molar refractivity (Wildman–Crippen MR) is 104 cm³/mol. The summed E-state index contributed by atoms with van der Waals surface area (Å²) in [5, 5.41) is 0. The van der Waals surface area contributed by atoms with Gasteiger partial charge >= 0.3 is 0 Å². The number of rotatable bonds is 5. The minimum absolute atomic E-state index is 0.0329. The predicted octanol–water partition coefficient (Wildman–Crippen LogP) is 1.63. The minimum atomic E-state index is 0.0329. The summed E-state index contributed by atoms with van der Waals surface area (Å²) >= 11 is 0. The van der Waals surface area contributed by atoms with Crippen molar-refractivity contribution < 1.29 is 23.9 Å². The molecule has 0 spiro atoms. The molecule has 0 unspecified atom stereocenters. The molecule has 0 aromatic heterocycles. The van der Waals surface area contributed by atoms with Crippen LogP contribution in [0.5, 0.6) is 17.2 Å². The fourth-order valence-electron chi connectivity index (χ4n) is 4.46. The van der Waals surface area contributed by atoms with Gasteiger partial charge in [0.15, 0.2) is 11.5 Å². The van der Waals surface area contributed by atoms with Crippen molar-refractivity contribution in [2.75, 3.05) is 47.5 Å². The summed E-state index contributed by atoms with van der Waals surface area (Å²) in [6, 6.07) is 4.26. The van der Waals surface area contributed by atoms with Crippen LogP contribution >= 0.6 is 0 Å².